The number of hydrogen-bond donors (Lipinski definition) is 1. The Kier molecular flexibility index (Phi) is 3.55. The van der Waals surface area contributed by atoms with Crippen LogP contribution >= 0.6 is 11.6 Å². The fourth-order valence-electron chi connectivity index (χ4n) is 2.50. The Bertz CT molecular complexity index is 679. The normalized spacial score (nSPS) is 16.2. The number of nitrogens with one attached hydrogen (secondary N) is 1. The third kappa shape index (κ3) is 2.59. The minimum absolute atomic E-state index is 0.00909. The van der Waals surface area contributed by atoms with Crippen LogP contribution in [0, 0.1) is 5.82 Å². The number of hydrogen-bond acceptors (Lipinski definition) is 2. The number of carbonyl (C=O) groups is 1. The molecule has 0 bridgehead atoms. The molecule has 0 aromatic heterocycles. The van der Waals surface area contributed by atoms with E-state index < -0.39 is 5.82 Å². The van der Waals surface area contributed by atoms with Gasteiger partial charge in [-0.05, 0) is 29.8 Å². The number of amides is 1. The van der Waals surface area contributed by atoms with E-state index in [1.54, 1.807) is 13.1 Å². The predicted molar refractivity (Wildman–Crippen MR) is 82.4 cm³/mol. The van der Waals surface area contributed by atoms with Gasteiger partial charge in [0.2, 0.25) is 5.91 Å². The maximum atomic E-state index is 13.2. The van der Waals surface area contributed by atoms with Crippen LogP contribution in [0.4, 0.5) is 15.8 Å². The summed E-state index contributed by atoms with van der Waals surface area (Å²) in [6, 6.07) is 11.8. The SMILES string of the molecule is CN(C(=O)[C@@H]1Cc2ccccc2N1)c1ccc(F)c(Cl)c1. The summed E-state index contributed by atoms with van der Waals surface area (Å²) in [7, 11) is 1.66. The lowest BCUT2D eigenvalue weighted by Crippen LogP contribution is -2.39. The molecule has 1 N–H and O–H groups in total. The van der Waals surface area contributed by atoms with Crippen LogP contribution in [-0.2, 0) is 11.2 Å². The van der Waals surface area contributed by atoms with Crippen LogP contribution in [0.1, 0.15) is 5.56 Å². The molecule has 0 fully saturated rings. The zero-order chi connectivity index (χ0) is 15.0. The van der Waals surface area contributed by atoms with Crippen molar-refractivity contribution in [2.24, 2.45) is 0 Å². The lowest BCUT2D eigenvalue weighted by molar-refractivity contribution is -0.118. The van der Waals surface area contributed by atoms with Gasteiger partial charge in [0.25, 0.3) is 0 Å². The fraction of sp³-hybridized carbons (Fsp3) is 0.188. The monoisotopic (exact) mass is 304 g/mol. The number of para-hydroxylation sites is 1. The first kappa shape index (κ1) is 13.9. The maximum absolute atomic E-state index is 13.2. The Morgan fingerprint density at radius 1 is 1.33 bits per heavy atom. The van der Waals surface area contributed by atoms with Gasteiger partial charge in [-0.3, -0.25) is 4.79 Å². The van der Waals surface area contributed by atoms with E-state index in [4.69, 9.17) is 11.6 Å². The number of fused-ring (bicyclic) bond motifs is 1. The number of benzene rings is 2. The van der Waals surface area contributed by atoms with Gasteiger partial charge >= 0.3 is 0 Å². The number of halogens is 2. The van der Waals surface area contributed by atoms with Crippen LogP contribution in [0.5, 0.6) is 0 Å². The quantitative estimate of drug-likeness (QED) is 0.921. The molecule has 108 valence electrons. The summed E-state index contributed by atoms with van der Waals surface area (Å²) >= 11 is 5.77. The number of nitrogens with zero attached hydrogens (tertiary/aromatic N) is 1. The summed E-state index contributed by atoms with van der Waals surface area (Å²) < 4.78 is 13.2. The molecule has 1 aliphatic heterocycles. The average Bonchev–Trinajstić information content (AvgIpc) is 2.92. The minimum Gasteiger partial charge on any atom is -0.373 e. The van der Waals surface area contributed by atoms with Crippen molar-refractivity contribution >= 4 is 28.9 Å². The van der Waals surface area contributed by atoms with Crippen molar-refractivity contribution in [3.8, 4) is 0 Å². The lowest BCUT2D eigenvalue weighted by Gasteiger charge is -2.21. The molecule has 1 aliphatic rings. The highest BCUT2D eigenvalue weighted by Crippen LogP contribution is 2.28. The van der Waals surface area contributed by atoms with Crippen molar-refractivity contribution < 1.29 is 9.18 Å². The van der Waals surface area contributed by atoms with E-state index in [1.807, 2.05) is 24.3 Å². The van der Waals surface area contributed by atoms with Gasteiger partial charge in [0.1, 0.15) is 11.9 Å². The van der Waals surface area contributed by atoms with Crippen molar-refractivity contribution in [3.05, 3.63) is 58.9 Å². The number of rotatable bonds is 2. The van der Waals surface area contributed by atoms with E-state index in [2.05, 4.69) is 5.32 Å². The third-order valence-electron chi connectivity index (χ3n) is 3.69. The molecular weight excluding hydrogens is 291 g/mol. The van der Waals surface area contributed by atoms with Crippen LogP contribution in [0.15, 0.2) is 42.5 Å². The van der Waals surface area contributed by atoms with Crippen LogP contribution in [0.3, 0.4) is 0 Å². The molecule has 5 heteroatoms. The molecule has 0 aliphatic carbocycles. The minimum atomic E-state index is -0.493. The number of carbonyl (C=O) groups excluding carboxylic acids is 1. The molecular formula is C16H14ClFN2O. The Morgan fingerprint density at radius 2 is 2.10 bits per heavy atom. The number of likely N-dealkylation sites (N-methyl/N-ethyl adjacent to an activating group) is 1. The summed E-state index contributed by atoms with van der Waals surface area (Å²) in [4.78, 5) is 14.0. The lowest BCUT2D eigenvalue weighted by atomic mass is 10.1. The molecule has 1 heterocycles. The van der Waals surface area contributed by atoms with Gasteiger partial charge in [-0.25, -0.2) is 4.39 Å². The number of anilines is 2. The molecule has 2 aromatic rings. The highest BCUT2D eigenvalue weighted by atomic mass is 35.5. The average molecular weight is 305 g/mol. The van der Waals surface area contributed by atoms with Crippen molar-refractivity contribution in [1.29, 1.82) is 0 Å². The van der Waals surface area contributed by atoms with Gasteiger partial charge < -0.3 is 10.2 Å². The van der Waals surface area contributed by atoms with Gasteiger partial charge in [-0.15, -0.1) is 0 Å². The molecule has 21 heavy (non-hydrogen) atoms. The van der Waals surface area contributed by atoms with E-state index in [-0.39, 0.29) is 17.0 Å². The fourth-order valence-corrected chi connectivity index (χ4v) is 2.68. The second kappa shape index (κ2) is 5.37. The topological polar surface area (TPSA) is 32.3 Å². The Balaban J connectivity index is 1.78. The van der Waals surface area contributed by atoms with Crippen LogP contribution in [-0.4, -0.2) is 19.0 Å². The second-order valence-corrected chi connectivity index (χ2v) is 5.46. The molecule has 1 atom stereocenters. The Hall–Kier alpha value is -2.07. The van der Waals surface area contributed by atoms with Crippen molar-refractivity contribution in [3.63, 3.8) is 0 Å². The first-order chi connectivity index (χ1) is 10.1. The van der Waals surface area contributed by atoms with Gasteiger partial charge in [0.05, 0.1) is 5.02 Å². The summed E-state index contributed by atoms with van der Waals surface area (Å²) in [5, 5.41) is 3.22. The summed E-state index contributed by atoms with van der Waals surface area (Å²) in [6.07, 6.45) is 0.647. The zero-order valence-electron chi connectivity index (χ0n) is 11.4. The smallest absolute Gasteiger partial charge is 0.249 e. The van der Waals surface area contributed by atoms with Gasteiger partial charge in [-0.1, -0.05) is 29.8 Å². The molecule has 3 rings (SSSR count). The predicted octanol–water partition coefficient (Wildman–Crippen LogP) is 3.48. The van der Waals surface area contributed by atoms with Gasteiger partial charge in [0, 0.05) is 24.8 Å². The summed E-state index contributed by atoms with van der Waals surface area (Å²) in [6.45, 7) is 0. The molecule has 0 saturated heterocycles. The highest BCUT2D eigenvalue weighted by Gasteiger charge is 2.29. The van der Waals surface area contributed by atoms with E-state index in [0.717, 1.165) is 11.3 Å². The van der Waals surface area contributed by atoms with Crippen LogP contribution in [0.2, 0.25) is 5.02 Å². The molecule has 3 nitrogen and oxygen atoms in total. The van der Waals surface area contributed by atoms with E-state index in [9.17, 15) is 9.18 Å². The maximum Gasteiger partial charge on any atom is 0.249 e. The van der Waals surface area contributed by atoms with E-state index in [0.29, 0.717) is 12.1 Å². The van der Waals surface area contributed by atoms with Crippen molar-refractivity contribution in [2.45, 2.75) is 12.5 Å². The molecule has 0 saturated carbocycles. The first-order valence-electron chi connectivity index (χ1n) is 6.63. The van der Waals surface area contributed by atoms with Crippen molar-refractivity contribution in [2.75, 3.05) is 17.3 Å². The van der Waals surface area contributed by atoms with Crippen LogP contribution < -0.4 is 10.2 Å². The highest BCUT2D eigenvalue weighted by molar-refractivity contribution is 6.31. The first-order valence-corrected chi connectivity index (χ1v) is 7.01. The molecule has 0 radical (unpaired) electrons. The Labute approximate surface area is 127 Å². The molecule has 0 unspecified atom stereocenters. The molecule has 0 spiro atoms. The molecule has 1 amide bonds. The third-order valence-corrected chi connectivity index (χ3v) is 3.98. The zero-order valence-corrected chi connectivity index (χ0v) is 12.2. The van der Waals surface area contributed by atoms with Crippen molar-refractivity contribution in [1.82, 2.24) is 0 Å². The van der Waals surface area contributed by atoms with E-state index in [1.165, 1.54) is 17.0 Å². The second-order valence-electron chi connectivity index (χ2n) is 5.05. The van der Waals surface area contributed by atoms with E-state index >= 15 is 0 Å². The molecule has 2 aromatic carbocycles. The van der Waals surface area contributed by atoms with Crippen LogP contribution in [0.25, 0.3) is 0 Å². The standard InChI is InChI=1S/C16H14ClFN2O/c1-20(11-6-7-13(18)12(17)9-11)16(21)15-8-10-4-2-3-5-14(10)19-15/h2-7,9,15,19H,8H2,1H3/t15-/m0/s1. The summed E-state index contributed by atoms with van der Waals surface area (Å²) in [5.74, 6) is -0.568. The Morgan fingerprint density at radius 3 is 2.81 bits per heavy atom. The summed E-state index contributed by atoms with van der Waals surface area (Å²) in [5.41, 5.74) is 2.69. The van der Waals surface area contributed by atoms with Gasteiger partial charge in [0.15, 0.2) is 0 Å². The largest absolute Gasteiger partial charge is 0.373 e. The van der Waals surface area contributed by atoms with Gasteiger partial charge in [-0.2, -0.15) is 0 Å².